The van der Waals surface area contributed by atoms with Crippen molar-refractivity contribution >= 4 is 17.4 Å². The Morgan fingerprint density at radius 3 is 2.45 bits per heavy atom. The van der Waals surface area contributed by atoms with E-state index in [0.29, 0.717) is 11.8 Å². The molecule has 4 nitrogen and oxygen atoms in total. The maximum atomic E-state index is 13.1. The first-order valence-corrected chi connectivity index (χ1v) is 5.79. The Bertz CT molecular complexity index is 660. The fourth-order valence-electron chi connectivity index (χ4n) is 1.65. The largest absolute Gasteiger partial charge is 0.503 e. The molecule has 20 heavy (non-hydrogen) atoms. The van der Waals surface area contributed by atoms with E-state index in [1.54, 1.807) is 25.1 Å². The summed E-state index contributed by atoms with van der Waals surface area (Å²) in [6, 6.07) is 7.68. The summed E-state index contributed by atoms with van der Waals surface area (Å²) >= 11 is 0. The zero-order chi connectivity index (χ0) is 14.7. The molecule has 2 aromatic rings. The number of urea groups is 1. The third-order valence-electron chi connectivity index (χ3n) is 2.67. The van der Waals surface area contributed by atoms with Crippen molar-refractivity contribution in [3.05, 3.63) is 53.6 Å². The van der Waals surface area contributed by atoms with Gasteiger partial charge in [0.1, 0.15) is 5.82 Å². The molecule has 0 aliphatic heterocycles. The second kappa shape index (κ2) is 5.56. The lowest BCUT2D eigenvalue weighted by atomic mass is 10.2. The Hall–Kier alpha value is -2.63. The summed E-state index contributed by atoms with van der Waals surface area (Å²) in [5.74, 6) is -2.85. The number of halogens is 2. The normalized spacial score (nSPS) is 10.2. The fraction of sp³-hybridized carbons (Fsp3) is 0.0714. The molecule has 6 heteroatoms. The molecule has 3 N–H and O–H groups in total. The van der Waals surface area contributed by atoms with E-state index in [2.05, 4.69) is 10.6 Å². The molecule has 0 saturated carbocycles. The standard InChI is InChI=1S/C14H12F2N2O2/c1-8-4-2-3-5-11(8)17-14(20)18-12-7-9(15)6-10(16)13(12)19/h2-7,19H,1H3,(H2,17,18,20). The van der Waals surface area contributed by atoms with Crippen LogP contribution in [-0.4, -0.2) is 11.1 Å². The topological polar surface area (TPSA) is 61.4 Å². The van der Waals surface area contributed by atoms with Gasteiger partial charge in [0, 0.05) is 17.8 Å². The first-order chi connectivity index (χ1) is 9.47. The van der Waals surface area contributed by atoms with Crippen molar-refractivity contribution < 1.29 is 18.7 Å². The Morgan fingerprint density at radius 1 is 1.10 bits per heavy atom. The molecule has 0 unspecified atom stereocenters. The Kier molecular flexibility index (Phi) is 3.84. The van der Waals surface area contributed by atoms with Crippen molar-refractivity contribution in [3.8, 4) is 5.75 Å². The van der Waals surface area contributed by atoms with Crippen LogP contribution in [0.1, 0.15) is 5.56 Å². The molecule has 0 saturated heterocycles. The van der Waals surface area contributed by atoms with Crippen LogP contribution in [-0.2, 0) is 0 Å². The van der Waals surface area contributed by atoms with Crippen LogP contribution in [0.2, 0.25) is 0 Å². The van der Waals surface area contributed by atoms with Gasteiger partial charge in [0.15, 0.2) is 11.6 Å². The van der Waals surface area contributed by atoms with E-state index in [1.807, 2.05) is 6.07 Å². The number of rotatable bonds is 2. The molecular weight excluding hydrogens is 266 g/mol. The highest BCUT2D eigenvalue weighted by molar-refractivity contribution is 6.01. The first-order valence-electron chi connectivity index (χ1n) is 5.79. The van der Waals surface area contributed by atoms with Gasteiger partial charge in [-0.05, 0) is 18.6 Å². The van der Waals surface area contributed by atoms with Crippen molar-refractivity contribution in [2.75, 3.05) is 10.6 Å². The van der Waals surface area contributed by atoms with E-state index in [9.17, 15) is 18.7 Å². The molecular formula is C14H12F2N2O2. The molecule has 0 radical (unpaired) electrons. The number of hydrogen-bond donors (Lipinski definition) is 3. The van der Waals surface area contributed by atoms with Gasteiger partial charge in [-0.15, -0.1) is 0 Å². The van der Waals surface area contributed by atoms with Gasteiger partial charge in [-0.2, -0.15) is 0 Å². The lowest BCUT2D eigenvalue weighted by Crippen LogP contribution is -2.20. The van der Waals surface area contributed by atoms with Crippen LogP contribution in [0.15, 0.2) is 36.4 Å². The molecule has 0 aliphatic carbocycles. The lowest BCUT2D eigenvalue weighted by Gasteiger charge is -2.11. The number of phenolic OH excluding ortho intramolecular Hbond substituents is 1. The Labute approximate surface area is 114 Å². The number of aromatic hydroxyl groups is 1. The highest BCUT2D eigenvalue weighted by atomic mass is 19.1. The number of carbonyl (C=O) groups excluding carboxylic acids is 1. The summed E-state index contributed by atoms with van der Waals surface area (Å²) < 4.78 is 26.1. The van der Waals surface area contributed by atoms with Crippen LogP contribution >= 0.6 is 0 Å². The molecule has 2 rings (SSSR count). The summed E-state index contributed by atoms with van der Waals surface area (Å²) in [5.41, 5.74) is 1.05. The SMILES string of the molecule is Cc1ccccc1NC(=O)Nc1cc(F)cc(F)c1O. The van der Waals surface area contributed by atoms with E-state index >= 15 is 0 Å². The molecule has 2 aromatic carbocycles. The Morgan fingerprint density at radius 2 is 1.75 bits per heavy atom. The number of para-hydroxylation sites is 1. The van der Waals surface area contributed by atoms with Crippen LogP contribution in [0.25, 0.3) is 0 Å². The first kappa shape index (κ1) is 13.8. The number of benzene rings is 2. The molecule has 0 spiro atoms. The Balaban J connectivity index is 2.15. The summed E-state index contributed by atoms with van der Waals surface area (Å²) in [5, 5.41) is 14.1. The third-order valence-corrected chi connectivity index (χ3v) is 2.67. The van der Waals surface area contributed by atoms with Crippen LogP contribution in [0.5, 0.6) is 5.75 Å². The number of aryl methyl sites for hydroxylation is 1. The minimum Gasteiger partial charge on any atom is -0.503 e. The quantitative estimate of drug-likeness (QED) is 0.735. The minimum atomic E-state index is -1.14. The van der Waals surface area contributed by atoms with Gasteiger partial charge in [-0.25, -0.2) is 13.6 Å². The van der Waals surface area contributed by atoms with Crippen LogP contribution in [0.3, 0.4) is 0 Å². The molecule has 0 heterocycles. The number of phenols is 1. The summed E-state index contributed by atoms with van der Waals surface area (Å²) in [6.45, 7) is 1.80. The van der Waals surface area contributed by atoms with Crippen LogP contribution < -0.4 is 10.6 Å². The second-order valence-corrected chi connectivity index (χ2v) is 4.18. The van der Waals surface area contributed by atoms with Crippen molar-refractivity contribution in [1.29, 1.82) is 0 Å². The molecule has 0 atom stereocenters. The minimum absolute atomic E-state index is 0.339. The number of amides is 2. The average molecular weight is 278 g/mol. The molecule has 104 valence electrons. The summed E-state index contributed by atoms with van der Waals surface area (Å²) in [4.78, 5) is 11.7. The number of anilines is 2. The van der Waals surface area contributed by atoms with Crippen molar-refractivity contribution in [2.24, 2.45) is 0 Å². The maximum Gasteiger partial charge on any atom is 0.323 e. The van der Waals surface area contributed by atoms with Gasteiger partial charge in [0.2, 0.25) is 0 Å². The van der Waals surface area contributed by atoms with Gasteiger partial charge >= 0.3 is 6.03 Å². The average Bonchev–Trinajstić information content (AvgIpc) is 2.38. The van der Waals surface area contributed by atoms with Crippen molar-refractivity contribution in [2.45, 2.75) is 6.92 Å². The second-order valence-electron chi connectivity index (χ2n) is 4.18. The van der Waals surface area contributed by atoms with E-state index in [1.165, 1.54) is 0 Å². The molecule has 0 aromatic heterocycles. The van der Waals surface area contributed by atoms with E-state index in [-0.39, 0.29) is 5.69 Å². The summed E-state index contributed by atoms with van der Waals surface area (Å²) in [7, 11) is 0. The number of hydrogen-bond acceptors (Lipinski definition) is 2. The monoisotopic (exact) mass is 278 g/mol. The summed E-state index contributed by atoms with van der Waals surface area (Å²) in [6.07, 6.45) is 0. The van der Waals surface area contributed by atoms with Crippen LogP contribution in [0, 0.1) is 18.6 Å². The number of nitrogens with one attached hydrogen (secondary N) is 2. The smallest absolute Gasteiger partial charge is 0.323 e. The maximum absolute atomic E-state index is 13.1. The molecule has 0 aliphatic rings. The van der Waals surface area contributed by atoms with Gasteiger partial charge in [0.25, 0.3) is 0 Å². The van der Waals surface area contributed by atoms with Gasteiger partial charge in [-0.3, -0.25) is 0 Å². The van der Waals surface area contributed by atoms with Crippen molar-refractivity contribution in [3.63, 3.8) is 0 Å². The molecule has 0 bridgehead atoms. The lowest BCUT2D eigenvalue weighted by molar-refractivity contribution is 0.262. The molecule has 2 amide bonds. The van der Waals surface area contributed by atoms with Gasteiger partial charge < -0.3 is 15.7 Å². The highest BCUT2D eigenvalue weighted by Crippen LogP contribution is 2.27. The number of carbonyl (C=O) groups is 1. The zero-order valence-electron chi connectivity index (χ0n) is 10.6. The van der Waals surface area contributed by atoms with E-state index < -0.39 is 23.4 Å². The predicted molar refractivity (Wildman–Crippen MR) is 71.8 cm³/mol. The predicted octanol–water partition coefficient (Wildman–Crippen LogP) is 3.62. The van der Waals surface area contributed by atoms with Gasteiger partial charge in [-0.1, -0.05) is 18.2 Å². The van der Waals surface area contributed by atoms with E-state index in [0.717, 1.165) is 11.6 Å². The zero-order valence-corrected chi connectivity index (χ0v) is 10.6. The van der Waals surface area contributed by atoms with Gasteiger partial charge in [0.05, 0.1) is 5.69 Å². The fourth-order valence-corrected chi connectivity index (χ4v) is 1.65. The third kappa shape index (κ3) is 3.03. The highest BCUT2D eigenvalue weighted by Gasteiger charge is 2.13. The van der Waals surface area contributed by atoms with Crippen LogP contribution in [0.4, 0.5) is 25.0 Å². The van der Waals surface area contributed by atoms with Crippen molar-refractivity contribution in [1.82, 2.24) is 0 Å². The van der Waals surface area contributed by atoms with E-state index in [4.69, 9.17) is 0 Å². The molecule has 0 fully saturated rings.